The molecular weight excluding hydrogens is 396 g/mol. The molecule has 0 saturated heterocycles. The number of thioether (sulfide) groups is 1. The predicted octanol–water partition coefficient (Wildman–Crippen LogP) is 3.23. The Kier molecular flexibility index (Phi) is 5.54. The predicted molar refractivity (Wildman–Crippen MR) is 109 cm³/mol. The molecule has 9 heteroatoms. The van der Waals surface area contributed by atoms with E-state index in [1.54, 1.807) is 25.6 Å². The van der Waals surface area contributed by atoms with Crippen molar-refractivity contribution in [3.05, 3.63) is 40.8 Å². The fourth-order valence-corrected chi connectivity index (χ4v) is 4.51. The van der Waals surface area contributed by atoms with E-state index >= 15 is 0 Å². The molecule has 1 aliphatic heterocycles. The molecule has 0 radical (unpaired) electrons. The third kappa shape index (κ3) is 3.85. The Bertz CT molecular complexity index is 972. The van der Waals surface area contributed by atoms with Crippen LogP contribution in [0.5, 0.6) is 11.5 Å². The van der Waals surface area contributed by atoms with Crippen molar-refractivity contribution >= 4 is 29.0 Å². The summed E-state index contributed by atoms with van der Waals surface area (Å²) in [5, 5.41) is 9.70. The normalized spacial score (nSPS) is 13.3. The van der Waals surface area contributed by atoms with Gasteiger partial charge in [0.1, 0.15) is 0 Å². The number of carbonyl (C=O) groups is 1. The molecule has 7 nitrogen and oxygen atoms in total. The van der Waals surface area contributed by atoms with Crippen LogP contribution in [-0.2, 0) is 17.8 Å². The molecule has 0 unspecified atom stereocenters. The second kappa shape index (κ2) is 8.24. The van der Waals surface area contributed by atoms with E-state index in [0.29, 0.717) is 29.7 Å². The number of aromatic nitrogens is 3. The quantitative estimate of drug-likeness (QED) is 0.622. The summed E-state index contributed by atoms with van der Waals surface area (Å²) in [7, 11) is 3.25. The van der Waals surface area contributed by atoms with Gasteiger partial charge in [0.05, 0.1) is 24.8 Å². The van der Waals surface area contributed by atoms with Crippen LogP contribution in [0.3, 0.4) is 0 Å². The second-order valence-corrected chi connectivity index (χ2v) is 8.16. The van der Waals surface area contributed by atoms with E-state index < -0.39 is 0 Å². The molecule has 1 N–H and O–H groups in total. The lowest BCUT2D eigenvalue weighted by Crippen LogP contribution is -2.37. The molecule has 0 aliphatic carbocycles. The van der Waals surface area contributed by atoms with Crippen molar-refractivity contribution in [2.75, 3.05) is 26.5 Å². The lowest BCUT2D eigenvalue weighted by atomic mass is 9.99. The van der Waals surface area contributed by atoms with Crippen LogP contribution in [0.4, 0.5) is 0 Å². The Morgan fingerprint density at radius 2 is 2.07 bits per heavy atom. The van der Waals surface area contributed by atoms with E-state index in [0.717, 1.165) is 28.4 Å². The maximum atomic E-state index is 12.7. The minimum absolute atomic E-state index is 0.0768. The maximum absolute atomic E-state index is 12.7. The number of benzene rings is 1. The Balaban J connectivity index is 1.38. The van der Waals surface area contributed by atoms with E-state index in [9.17, 15) is 4.79 Å². The zero-order valence-electron chi connectivity index (χ0n) is 15.6. The van der Waals surface area contributed by atoms with Crippen LogP contribution >= 0.6 is 23.1 Å². The minimum Gasteiger partial charge on any atom is -0.493 e. The highest BCUT2D eigenvalue weighted by Gasteiger charge is 2.23. The molecule has 0 fully saturated rings. The number of nitrogens with zero attached hydrogens (tertiary/aromatic N) is 3. The molecule has 3 aromatic rings. The smallest absolute Gasteiger partial charge is 0.233 e. The van der Waals surface area contributed by atoms with Gasteiger partial charge < -0.3 is 14.4 Å². The molecule has 2 aromatic heterocycles. The lowest BCUT2D eigenvalue weighted by molar-refractivity contribution is -0.129. The number of thiophene rings is 1. The molecular formula is C19H20N4O3S2. The Morgan fingerprint density at radius 3 is 2.79 bits per heavy atom. The summed E-state index contributed by atoms with van der Waals surface area (Å²) >= 11 is 2.95. The Morgan fingerprint density at radius 1 is 1.29 bits per heavy atom. The van der Waals surface area contributed by atoms with E-state index in [-0.39, 0.29) is 5.91 Å². The molecule has 1 amide bonds. The van der Waals surface area contributed by atoms with Gasteiger partial charge in [-0.3, -0.25) is 9.89 Å². The molecule has 0 saturated carbocycles. The number of rotatable bonds is 6. The van der Waals surface area contributed by atoms with Crippen LogP contribution in [0.25, 0.3) is 10.7 Å². The zero-order valence-corrected chi connectivity index (χ0v) is 17.2. The number of carbonyl (C=O) groups excluding carboxylic acids is 1. The van der Waals surface area contributed by atoms with Crippen molar-refractivity contribution < 1.29 is 14.3 Å². The van der Waals surface area contributed by atoms with Gasteiger partial charge in [-0.05, 0) is 41.1 Å². The molecule has 1 aliphatic rings. The first-order valence-corrected chi connectivity index (χ1v) is 10.6. The Labute approximate surface area is 171 Å². The maximum Gasteiger partial charge on any atom is 0.233 e. The monoisotopic (exact) mass is 416 g/mol. The van der Waals surface area contributed by atoms with Crippen LogP contribution in [0, 0.1) is 0 Å². The zero-order chi connectivity index (χ0) is 19.5. The van der Waals surface area contributed by atoms with Crippen molar-refractivity contribution in [3.8, 4) is 22.2 Å². The van der Waals surface area contributed by atoms with Gasteiger partial charge in [-0.25, -0.2) is 4.98 Å². The van der Waals surface area contributed by atoms with Crippen molar-refractivity contribution in [1.82, 2.24) is 20.1 Å². The minimum atomic E-state index is 0.0768. The number of nitrogens with one attached hydrogen (secondary N) is 1. The third-order valence-corrected chi connectivity index (χ3v) is 6.32. The van der Waals surface area contributed by atoms with Gasteiger partial charge in [0, 0.05) is 13.1 Å². The van der Waals surface area contributed by atoms with Crippen LogP contribution in [0.2, 0.25) is 0 Å². The van der Waals surface area contributed by atoms with Crippen LogP contribution < -0.4 is 9.47 Å². The average Bonchev–Trinajstić information content (AvgIpc) is 3.42. The van der Waals surface area contributed by atoms with Gasteiger partial charge in [-0.15, -0.1) is 16.4 Å². The highest BCUT2D eigenvalue weighted by molar-refractivity contribution is 7.99. The molecule has 0 spiro atoms. The first kappa shape index (κ1) is 18.8. The van der Waals surface area contributed by atoms with Crippen LogP contribution in [0.15, 0.2) is 34.8 Å². The van der Waals surface area contributed by atoms with Crippen LogP contribution in [0.1, 0.15) is 11.1 Å². The van der Waals surface area contributed by atoms with E-state index in [4.69, 9.17) is 9.47 Å². The lowest BCUT2D eigenvalue weighted by Gasteiger charge is -2.29. The summed E-state index contributed by atoms with van der Waals surface area (Å²) in [5.74, 6) is 2.53. The number of hydrogen-bond acceptors (Lipinski definition) is 7. The van der Waals surface area contributed by atoms with Gasteiger partial charge in [0.25, 0.3) is 0 Å². The van der Waals surface area contributed by atoms with Gasteiger partial charge in [-0.1, -0.05) is 17.8 Å². The number of hydrogen-bond donors (Lipinski definition) is 1. The van der Waals surface area contributed by atoms with Gasteiger partial charge >= 0.3 is 0 Å². The van der Waals surface area contributed by atoms with Crippen molar-refractivity contribution in [1.29, 1.82) is 0 Å². The molecule has 28 heavy (non-hydrogen) atoms. The summed E-state index contributed by atoms with van der Waals surface area (Å²) in [5.41, 5.74) is 2.30. The standard InChI is InChI=1S/C19H20N4O3S2/c1-25-14-8-12-5-6-23(10-13(12)9-15(14)26-2)17(24)11-28-19-20-18(21-22-19)16-4-3-7-27-16/h3-4,7-9H,5-6,10-11H2,1-2H3,(H,20,21,22). The third-order valence-electron chi connectivity index (χ3n) is 4.61. The van der Waals surface area contributed by atoms with Crippen molar-refractivity contribution in [3.63, 3.8) is 0 Å². The van der Waals surface area contributed by atoms with E-state index in [1.165, 1.54) is 17.3 Å². The summed E-state index contributed by atoms with van der Waals surface area (Å²) in [6, 6.07) is 7.92. The largest absolute Gasteiger partial charge is 0.493 e. The highest BCUT2D eigenvalue weighted by Crippen LogP contribution is 2.33. The van der Waals surface area contributed by atoms with Gasteiger partial charge in [-0.2, -0.15) is 0 Å². The van der Waals surface area contributed by atoms with Crippen LogP contribution in [-0.4, -0.2) is 52.5 Å². The first-order chi connectivity index (χ1) is 13.7. The van der Waals surface area contributed by atoms with E-state index in [2.05, 4.69) is 15.2 Å². The van der Waals surface area contributed by atoms with E-state index in [1.807, 2.05) is 34.5 Å². The van der Waals surface area contributed by atoms with Gasteiger partial charge in [0.2, 0.25) is 11.1 Å². The Hall–Kier alpha value is -2.52. The summed E-state index contributed by atoms with van der Waals surface area (Å²) in [6.45, 7) is 1.26. The number of ether oxygens (including phenoxy) is 2. The van der Waals surface area contributed by atoms with Crippen molar-refractivity contribution in [2.24, 2.45) is 0 Å². The summed E-state index contributed by atoms with van der Waals surface area (Å²) in [4.78, 5) is 20.0. The SMILES string of the molecule is COc1cc2c(cc1OC)CN(C(=O)CSc1n[nH]c(-c3cccs3)n1)CC2. The van der Waals surface area contributed by atoms with Crippen molar-refractivity contribution in [2.45, 2.75) is 18.1 Å². The molecule has 3 heterocycles. The number of amides is 1. The molecule has 4 rings (SSSR count). The summed E-state index contributed by atoms with van der Waals surface area (Å²) < 4.78 is 10.8. The molecule has 146 valence electrons. The van der Waals surface area contributed by atoms with Gasteiger partial charge in [0.15, 0.2) is 17.3 Å². The number of fused-ring (bicyclic) bond motifs is 1. The number of H-pyrrole nitrogens is 1. The number of aromatic amines is 1. The molecule has 1 aromatic carbocycles. The average molecular weight is 417 g/mol. The highest BCUT2D eigenvalue weighted by atomic mass is 32.2. The topological polar surface area (TPSA) is 80.3 Å². The second-order valence-electron chi connectivity index (χ2n) is 6.27. The fraction of sp³-hybridized carbons (Fsp3) is 0.316. The summed E-state index contributed by atoms with van der Waals surface area (Å²) in [6.07, 6.45) is 0.801. The number of methoxy groups -OCH3 is 2. The fourth-order valence-electron chi connectivity index (χ4n) is 3.15. The molecule has 0 atom stereocenters. The molecule has 0 bridgehead atoms. The first-order valence-electron chi connectivity index (χ1n) is 8.78.